The van der Waals surface area contributed by atoms with Crippen LogP contribution in [0.3, 0.4) is 0 Å². The quantitative estimate of drug-likeness (QED) is 0.436. The highest BCUT2D eigenvalue weighted by Gasteiger charge is 2.34. The fourth-order valence-electron chi connectivity index (χ4n) is 0.0948. The lowest BCUT2D eigenvalue weighted by molar-refractivity contribution is -0.137. The van der Waals surface area contributed by atoms with Crippen molar-refractivity contribution in [2.24, 2.45) is 0 Å². The van der Waals surface area contributed by atoms with Crippen LogP contribution in [0.1, 0.15) is 6.92 Å². The molecule has 0 spiro atoms. The van der Waals surface area contributed by atoms with Crippen molar-refractivity contribution in [2.75, 3.05) is 0 Å². The van der Waals surface area contributed by atoms with Crippen molar-refractivity contribution in [3.05, 3.63) is 0 Å². The maximum absolute atomic E-state index is 10.1. The smallest absolute Gasteiger partial charge is 0.334 e. The first-order valence-corrected chi connectivity index (χ1v) is 3.50. The summed E-state index contributed by atoms with van der Waals surface area (Å²) in [6.07, 6.45) is 0. The molecule has 0 saturated heterocycles. The monoisotopic (exact) mass is 170 g/mol. The van der Waals surface area contributed by atoms with Crippen molar-refractivity contribution in [1.29, 1.82) is 0 Å². The summed E-state index contributed by atoms with van der Waals surface area (Å²) in [6, 6.07) is 0. The second-order valence-corrected chi connectivity index (χ2v) is 3.69. The van der Waals surface area contributed by atoms with Gasteiger partial charge in [-0.25, -0.2) is 4.79 Å². The Morgan fingerprint density at radius 1 is 1.44 bits per heavy atom. The van der Waals surface area contributed by atoms with E-state index < -0.39 is 10.0 Å². The van der Waals surface area contributed by atoms with E-state index >= 15 is 0 Å². The van der Waals surface area contributed by atoms with Gasteiger partial charge in [0, 0.05) is 24.1 Å². The Balaban J connectivity index is 4.09. The highest BCUT2D eigenvalue weighted by Crippen LogP contribution is 2.32. The van der Waals surface area contributed by atoms with E-state index in [9.17, 15) is 4.79 Å². The number of rotatable bonds is 3. The maximum atomic E-state index is 10.1. The number of hydrogen-bond donors (Lipinski definition) is 3. The van der Waals surface area contributed by atoms with Crippen molar-refractivity contribution in [3.8, 4) is 0 Å². The molecule has 0 rings (SSSR count). The third-order valence-corrected chi connectivity index (χ3v) is 2.23. The number of carboxylic acids is 1. The van der Waals surface area contributed by atoms with Crippen LogP contribution in [0.2, 0.25) is 0 Å². The number of aliphatic carboxylic acids is 1. The Labute approximate surface area is 60.7 Å². The molecule has 0 heterocycles. The minimum Gasteiger partial charge on any atom is -0.479 e. The molecular formula is C3H6O4S2. The normalized spacial score (nSPS) is 11.4. The van der Waals surface area contributed by atoms with Crippen LogP contribution < -0.4 is 0 Å². The summed E-state index contributed by atoms with van der Waals surface area (Å²) in [5.41, 5.74) is 0. The summed E-state index contributed by atoms with van der Waals surface area (Å²) >= 11 is 0.187. The molecule has 0 amide bonds. The van der Waals surface area contributed by atoms with Gasteiger partial charge in [0.2, 0.25) is 4.08 Å². The summed E-state index contributed by atoms with van der Waals surface area (Å²) in [6.45, 7) is 1.20. The Hall–Kier alpha value is 0.0900. The standard InChI is InChI=1S/C3H6O4S2/c1-3(8-6,9-7)2(4)5/h6-7H,1H3,(H,4,5). The van der Waals surface area contributed by atoms with Gasteiger partial charge in [0.05, 0.1) is 0 Å². The van der Waals surface area contributed by atoms with Gasteiger partial charge in [0.25, 0.3) is 0 Å². The molecule has 0 aliphatic heterocycles. The second kappa shape index (κ2) is 3.31. The van der Waals surface area contributed by atoms with Gasteiger partial charge < -0.3 is 14.2 Å². The highest BCUT2D eigenvalue weighted by atomic mass is 32.2. The van der Waals surface area contributed by atoms with Crippen LogP contribution in [0.25, 0.3) is 0 Å². The van der Waals surface area contributed by atoms with Crippen LogP contribution in [0.4, 0.5) is 0 Å². The zero-order valence-corrected chi connectivity index (χ0v) is 6.20. The predicted molar refractivity (Wildman–Crippen MR) is 36.5 cm³/mol. The van der Waals surface area contributed by atoms with Crippen LogP contribution >= 0.6 is 24.1 Å². The second-order valence-electron chi connectivity index (χ2n) is 1.43. The van der Waals surface area contributed by atoms with Crippen LogP contribution in [-0.2, 0) is 4.79 Å². The summed E-state index contributed by atoms with van der Waals surface area (Å²) < 4.78 is 15.1. The lowest BCUT2D eigenvalue weighted by Crippen LogP contribution is -2.26. The predicted octanol–water partition coefficient (Wildman–Crippen LogP) is 1.20. The average Bonchev–Trinajstić information content (AvgIpc) is 1.86. The molecule has 4 nitrogen and oxygen atoms in total. The van der Waals surface area contributed by atoms with Gasteiger partial charge in [-0.15, -0.1) is 0 Å². The van der Waals surface area contributed by atoms with E-state index in [1.165, 1.54) is 6.92 Å². The van der Waals surface area contributed by atoms with Crippen molar-refractivity contribution in [3.63, 3.8) is 0 Å². The molecule has 0 atom stereocenters. The molecule has 0 radical (unpaired) electrons. The molecule has 0 unspecified atom stereocenters. The number of hydrogen-bond acceptors (Lipinski definition) is 5. The highest BCUT2D eigenvalue weighted by molar-refractivity contribution is 8.14. The van der Waals surface area contributed by atoms with Gasteiger partial charge in [-0.05, 0) is 6.92 Å². The van der Waals surface area contributed by atoms with Crippen LogP contribution in [0, 0.1) is 0 Å². The maximum Gasteiger partial charge on any atom is 0.334 e. The Bertz CT molecular complexity index is 110. The van der Waals surface area contributed by atoms with Crippen LogP contribution in [-0.4, -0.2) is 24.3 Å². The Morgan fingerprint density at radius 2 is 1.78 bits per heavy atom. The zero-order valence-electron chi connectivity index (χ0n) is 4.57. The molecule has 0 aromatic rings. The summed E-state index contributed by atoms with van der Waals surface area (Å²) in [4.78, 5) is 10.1. The van der Waals surface area contributed by atoms with Crippen molar-refractivity contribution in [2.45, 2.75) is 11.0 Å². The van der Waals surface area contributed by atoms with E-state index in [0.717, 1.165) is 0 Å². The lowest BCUT2D eigenvalue weighted by atomic mass is 10.5. The van der Waals surface area contributed by atoms with E-state index in [1.807, 2.05) is 0 Å². The molecule has 0 aromatic carbocycles. The minimum absolute atomic E-state index is 0.0937. The van der Waals surface area contributed by atoms with Gasteiger partial charge in [-0.1, -0.05) is 0 Å². The van der Waals surface area contributed by atoms with Crippen LogP contribution in [0.5, 0.6) is 0 Å². The van der Waals surface area contributed by atoms with E-state index in [-0.39, 0.29) is 24.1 Å². The molecule has 0 aromatic heterocycles. The van der Waals surface area contributed by atoms with Gasteiger partial charge >= 0.3 is 5.97 Å². The van der Waals surface area contributed by atoms with Gasteiger partial charge in [-0.3, -0.25) is 0 Å². The first-order chi connectivity index (χ1) is 4.06. The third-order valence-electron chi connectivity index (χ3n) is 0.737. The minimum atomic E-state index is -1.56. The van der Waals surface area contributed by atoms with Gasteiger partial charge in [0.15, 0.2) is 0 Å². The van der Waals surface area contributed by atoms with Crippen LogP contribution in [0.15, 0.2) is 0 Å². The first kappa shape index (κ1) is 9.09. The van der Waals surface area contributed by atoms with Gasteiger partial charge in [0.1, 0.15) is 0 Å². The third kappa shape index (κ3) is 2.05. The number of carboxylic acid groups (broad SMARTS) is 1. The summed E-state index contributed by atoms with van der Waals surface area (Å²) in [7, 11) is 0. The number of carbonyl (C=O) groups is 1. The SMILES string of the molecule is CC(SO)(SO)C(=O)O. The lowest BCUT2D eigenvalue weighted by Gasteiger charge is -2.14. The molecule has 0 aliphatic carbocycles. The molecule has 0 aliphatic rings. The first-order valence-electron chi connectivity index (χ1n) is 1.95. The van der Waals surface area contributed by atoms with Crippen molar-refractivity contribution in [1.82, 2.24) is 0 Å². The average molecular weight is 170 g/mol. The van der Waals surface area contributed by atoms with E-state index in [0.29, 0.717) is 0 Å². The molecule has 3 N–H and O–H groups in total. The largest absolute Gasteiger partial charge is 0.479 e. The summed E-state index contributed by atoms with van der Waals surface area (Å²) in [5.74, 6) is -1.26. The van der Waals surface area contributed by atoms with E-state index in [1.54, 1.807) is 0 Å². The van der Waals surface area contributed by atoms with E-state index in [4.69, 9.17) is 14.2 Å². The molecule has 54 valence electrons. The Morgan fingerprint density at radius 3 is 1.78 bits per heavy atom. The topological polar surface area (TPSA) is 77.8 Å². The van der Waals surface area contributed by atoms with Gasteiger partial charge in [-0.2, -0.15) is 0 Å². The molecular weight excluding hydrogens is 164 g/mol. The fourth-order valence-corrected chi connectivity index (χ4v) is 0.384. The summed E-state index contributed by atoms with van der Waals surface area (Å²) in [5, 5.41) is 8.27. The molecule has 0 fully saturated rings. The molecule has 0 bridgehead atoms. The molecule has 9 heavy (non-hydrogen) atoms. The van der Waals surface area contributed by atoms with Crippen molar-refractivity contribution >= 4 is 30.1 Å². The molecule has 6 heteroatoms. The molecule has 0 saturated carbocycles. The Kier molecular flexibility index (Phi) is 3.34. The van der Waals surface area contributed by atoms with Crippen molar-refractivity contribution < 1.29 is 19.0 Å². The zero-order chi connectivity index (χ0) is 7.49. The van der Waals surface area contributed by atoms with E-state index in [2.05, 4.69) is 0 Å². The fraction of sp³-hybridized carbons (Fsp3) is 0.667.